The molecule has 1 atom stereocenters. The molecule has 1 saturated heterocycles. The summed E-state index contributed by atoms with van der Waals surface area (Å²) in [6, 6.07) is 13.6. The van der Waals surface area contributed by atoms with E-state index in [0.29, 0.717) is 12.4 Å². The van der Waals surface area contributed by atoms with E-state index in [-0.39, 0.29) is 30.5 Å². The normalized spacial score (nSPS) is 17.9. The Morgan fingerprint density at radius 3 is 2.70 bits per heavy atom. The molecule has 33 heavy (non-hydrogen) atoms. The van der Waals surface area contributed by atoms with E-state index in [4.69, 9.17) is 0 Å². The molecular formula is C26H28N4O3. The van der Waals surface area contributed by atoms with Crippen molar-refractivity contribution in [3.63, 3.8) is 0 Å². The van der Waals surface area contributed by atoms with Gasteiger partial charge in [0.15, 0.2) is 0 Å². The first-order chi connectivity index (χ1) is 16.0. The Morgan fingerprint density at radius 1 is 1.06 bits per heavy atom. The summed E-state index contributed by atoms with van der Waals surface area (Å²) in [5, 5.41) is 17.4. The van der Waals surface area contributed by atoms with E-state index in [1.807, 2.05) is 43.3 Å². The van der Waals surface area contributed by atoms with Crippen molar-refractivity contribution >= 4 is 34.2 Å². The highest BCUT2D eigenvalue weighted by atomic mass is 16.3. The first kappa shape index (κ1) is 21.4. The molecule has 0 unspecified atom stereocenters. The number of likely N-dealkylation sites (tertiary alicyclic amines) is 1. The number of hydrogen-bond donors (Lipinski definition) is 3. The van der Waals surface area contributed by atoms with Crippen LogP contribution in [0.5, 0.6) is 0 Å². The Morgan fingerprint density at radius 2 is 1.91 bits per heavy atom. The molecule has 1 saturated carbocycles. The average Bonchev–Trinajstić information content (AvgIpc) is 3.57. The number of carbonyl (C=O) groups is 2. The largest absolute Gasteiger partial charge is 0.394 e. The number of aliphatic hydroxyl groups is 1. The van der Waals surface area contributed by atoms with Gasteiger partial charge in [0, 0.05) is 29.7 Å². The van der Waals surface area contributed by atoms with E-state index in [0.717, 1.165) is 58.8 Å². The summed E-state index contributed by atoms with van der Waals surface area (Å²) < 4.78 is 0. The summed E-state index contributed by atoms with van der Waals surface area (Å²) in [6.45, 7) is 2.70. The fourth-order valence-electron chi connectivity index (χ4n) is 4.45. The van der Waals surface area contributed by atoms with Crippen molar-refractivity contribution in [2.75, 3.05) is 23.8 Å². The molecule has 1 aliphatic heterocycles. The number of carbonyl (C=O) groups excluding carboxylic acids is 2. The number of urea groups is 1. The summed E-state index contributed by atoms with van der Waals surface area (Å²) in [5.74, 6) is 0.768. The van der Waals surface area contributed by atoms with Gasteiger partial charge >= 0.3 is 6.03 Å². The average molecular weight is 445 g/mol. The van der Waals surface area contributed by atoms with Gasteiger partial charge in [-0.1, -0.05) is 18.2 Å². The number of anilines is 2. The third-order valence-corrected chi connectivity index (χ3v) is 6.57. The van der Waals surface area contributed by atoms with Crippen molar-refractivity contribution in [1.82, 2.24) is 9.88 Å². The Bertz CT molecular complexity index is 1220. The number of nitrogens with one attached hydrogen (secondary N) is 2. The SMILES string of the molecule is Cc1ccc(NC(=O)N2CCC[C@@H]2CO)cc1-c1ccc2cc(NC(=O)C3CC3)ncc2c1. The van der Waals surface area contributed by atoms with Crippen molar-refractivity contribution in [2.45, 2.75) is 38.6 Å². The summed E-state index contributed by atoms with van der Waals surface area (Å²) >= 11 is 0. The third kappa shape index (κ3) is 4.54. The molecule has 2 aromatic carbocycles. The van der Waals surface area contributed by atoms with Crippen LogP contribution in [-0.2, 0) is 4.79 Å². The molecule has 1 aliphatic carbocycles. The lowest BCUT2D eigenvalue weighted by atomic mass is 9.98. The topological polar surface area (TPSA) is 94.6 Å². The van der Waals surface area contributed by atoms with Crippen molar-refractivity contribution in [1.29, 1.82) is 0 Å². The maximum atomic E-state index is 12.7. The molecule has 3 amide bonds. The Balaban J connectivity index is 1.37. The van der Waals surface area contributed by atoms with Gasteiger partial charge in [-0.05, 0) is 78.9 Å². The molecule has 170 valence electrons. The highest BCUT2D eigenvalue weighted by Gasteiger charge is 2.30. The quantitative estimate of drug-likeness (QED) is 0.538. The van der Waals surface area contributed by atoms with Gasteiger partial charge in [-0.25, -0.2) is 9.78 Å². The van der Waals surface area contributed by atoms with Crippen LogP contribution in [0.1, 0.15) is 31.2 Å². The monoisotopic (exact) mass is 444 g/mol. The zero-order valence-electron chi connectivity index (χ0n) is 18.7. The van der Waals surface area contributed by atoms with Gasteiger partial charge in [-0.15, -0.1) is 0 Å². The lowest BCUT2D eigenvalue weighted by Crippen LogP contribution is -2.40. The number of aromatic nitrogens is 1. The van der Waals surface area contributed by atoms with Crippen LogP contribution in [0.2, 0.25) is 0 Å². The minimum Gasteiger partial charge on any atom is -0.394 e. The number of hydrogen-bond acceptors (Lipinski definition) is 4. The van der Waals surface area contributed by atoms with Gasteiger partial charge < -0.3 is 20.6 Å². The molecule has 0 spiro atoms. The van der Waals surface area contributed by atoms with E-state index in [2.05, 4.69) is 21.7 Å². The number of aryl methyl sites for hydroxylation is 1. The second kappa shape index (κ2) is 8.83. The van der Waals surface area contributed by atoms with Gasteiger partial charge in [0.25, 0.3) is 0 Å². The van der Waals surface area contributed by atoms with Crippen LogP contribution in [0.15, 0.2) is 48.7 Å². The second-order valence-electron chi connectivity index (χ2n) is 9.03. The van der Waals surface area contributed by atoms with E-state index in [1.54, 1.807) is 11.1 Å². The fourth-order valence-corrected chi connectivity index (χ4v) is 4.45. The van der Waals surface area contributed by atoms with Crippen molar-refractivity contribution in [3.05, 3.63) is 54.2 Å². The molecule has 2 aliphatic rings. The van der Waals surface area contributed by atoms with Gasteiger partial charge in [0.1, 0.15) is 5.82 Å². The van der Waals surface area contributed by atoms with Crippen LogP contribution >= 0.6 is 0 Å². The molecule has 1 aromatic heterocycles. The smallest absolute Gasteiger partial charge is 0.322 e. The van der Waals surface area contributed by atoms with Crippen molar-refractivity contribution in [2.24, 2.45) is 5.92 Å². The van der Waals surface area contributed by atoms with E-state index in [1.165, 1.54) is 0 Å². The Hall–Kier alpha value is -3.45. The standard InChI is InChI=1S/C26H28N4O3/c1-16-4-9-21(28-26(33)30-10-2-3-22(30)15-31)13-23(16)19-8-7-18-12-24(27-14-20(18)11-19)29-25(32)17-5-6-17/h4,7-9,11-14,17,22,31H,2-3,5-6,10,15H2,1H3,(H,28,33)(H,27,29,32)/t22-/m1/s1. The highest BCUT2D eigenvalue weighted by molar-refractivity contribution is 5.96. The second-order valence-corrected chi connectivity index (χ2v) is 9.03. The number of nitrogens with zero attached hydrogens (tertiary/aromatic N) is 2. The molecule has 2 fully saturated rings. The van der Waals surface area contributed by atoms with Crippen LogP contribution in [-0.4, -0.2) is 46.1 Å². The maximum Gasteiger partial charge on any atom is 0.322 e. The third-order valence-electron chi connectivity index (χ3n) is 6.57. The number of benzene rings is 2. The lowest BCUT2D eigenvalue weighted by Gasteiger charge is -2.23. The predicted molar refractivity (Wildman–Crippen MR) is 129 cm³/mol. The molecule has 3 aromatic rings. The number of rotatable bonds is 5. The molecule has 3 N–H and O–H groups in total. The molecule has 2 heterocycles. The Labute approximate surface area is 192 Å². The van der Waals surface area contributed by atoms with Crippen molar-refractivity contribution < 1.29 is 14.7 Å². The van der Waals surface area contributed by atoms with E-state index in [9.17, 15) is 14.7 Å². The molecule has 0 radical (unpaired) electrons. The number of aliphatic hydroxyl groups excluding tert-OH is 1. The van der Waals surface area contributed by atoms with Crippen LogP contribution in [0.25, 0.3) is 21.9 Å². The summed E-state index contributed by atoms with van der Waals surface area (Å²) in [7, 11) is 0. The summed E-state index contributed by atoms with van der Waals surface area (Å²) in [5.41, 5.74) is 3.88. The van der Waals surface area contributed by atoms with Gasteiger partial charge in [0.05, 0.1) is 12.6 Å². The fraction of sp³-hybridized carbons (Fsp3) is 0.346. The Kier molecular flexibility index (Phi) is 5.72. The number of amides is 3. The zero-order valence-corrected chi connectivity index (χ0v) is 18.7. The van der Waals surface area contributed by atoms with Gasteiger partial charge in [-0.2, -0.15) is 0 Å². The molecule has 5 rings (SSSR count). The van der Waals surface area contributed by atoms with Crippen LogP contribution in [0.4, 0.5) is 16.3 Å². The molecule has 7 heteroatoms. The van der Waals surface area contributed by atoms with Crippen LogP contribution in [0.3, 0.4) is 0 Å². The lowest BCUT2D eigenvalue weighted by molar-refractivity contribution is -0.117. The zero-order chi connectivity index (χ0) is 22.9. The molecule has 7 nitrogen and oxygen atoms in total. The first-order valence-electron chi connectivity index (χ1n) is 11.5. The summed E-state index contributed by atoms with van der Waals surface area (Å²) in [4.78, 5) is 30.9. The van der Waals surface area contributed by atoms with Crippen LogP contribution in [0, 0.1) is 12.8 Å². The highest BCUT2D eigenvalue weighted by Crippen LogP contribution is 2.32. The summed E-state index contributed by atoms with van der Waals surface area (Å²) in [6.07, 6.45) is 5.45. The predicted octanol–water partition coefficient (Wildman–Crippen LogP) is 4.55. The van der Waals surface area contributed by atoms with E-state index < -0.39 is 0 Å². The number of fused-ring (bicyclic) bond motifs is 1. The first-order valence-corrected chi connectivity index (χ1v) is 11.5. The van der Waals surface area contributed by atoms with Gasteiger partial charge in [0.2, 0.25) is 5.91 Å². The minimum absolute atomic E-state index is 0.0102. The maximum absolute atomic E-state index is 12.7. The van der Waals surface area contributed by atoms with Gasteiger partial charge in [-0.3, -0.25) is 4.79 Å². The minimum atomic E-state index is -0.176. The van der Waals surface area contributed by atoms with Crippen molar-refractivity contribution in [3.8, 4) is 11.1 Å². The molecule has 0 bridgehead atoms. The molecular weight excluding hydrogens is 416 g/mol. The van der Waals surface area contributed by atoms with Crippen LogP contribution < -0.4 is 10.6 Å². The van der Waals surface area contributed by atoms with E-state index >= 15 is 0 Å². The number of pyridine rings is 1.